The second kappa shape index (κ2) is 8.25. The molecule has 114 valence electrons. The lowest BCUT2D eigenvalue weighted by Crippen LogP contribution is -2.33. The van der Waals surface area contributed by atoms with Gasteiger partial charge in [0.05, 0.1) is 0 Å². The van der Waals surface area contributed by atoms with Crippen molar-refractivity contribution < 1.29 is 4.79 Å². The maximum absolute atomic E-state index is 11.7. The lowest BCUT2D eigenvalue weighted by atomic mass is 10.1. The molecule has 0 aliphatic rings. The Bertz CT molecular complexity index is 668. The average Bonchev–Trinajstić information content (AvgIpc) is 2.47. The van der Waals surface area contributed by atoms with Crippen LogP contribution in [-0.4, -0.2) is 12.6 Å². The molecule has 0 spiro atoms. The molecule has 0 atom stereocenters. The van der Waals surface area contributed by atoms with E-state index in [-0.39, 0.29) is 6.03 Å². The van der Waals surface area contributed by atoms with Crippen molar-refractivity contribution in [2.75, 3.05) is 6.54 Å². The summed E-state index contributed by atoms with van der Waals surface area (Å²) in [6.45, 7) is 2.66. The highest BCUT2D eigenvalue weighted by atomic mass is 35.5. The highest BCUT2D eigenvalue weighted by molar-refractivity contribution is 6.30. The first kappa shape index (κ1) is 16.1. The molecule has 0 unspecified atom stereocenters. The molecule has 2 aromatic rings. The van der Waals surface area contributed by atoms with Crippen molar-refractivity contribution in [1.82, 2.24) is 10.6 Å². The first-order chi connectivity index (χ1) is 10.6. The van der Waals surface area contributed by atoms with Gasteiger partial charge in [0.2, 0.25) is 0 Å². The smallest absolute Gasteiger partial charge is 0.318 e. The summed E-state index contributed by atoms with van der Waals surface area (Å²) in [4.78, 5) is 11.7. The molecular formula is C18H19ClN2O. The third-order valence-electron chi connectivity index (χ3n) is 3.12. The Balaban J connectivity index is 1.72. The van der Waals surface area contributed by atoms with Crippen molar-refractivity contribution in [2.24, 2.45) is 0 Å². The van der Waals surface area contributed by atoms with Crippen LogP contribution in [-0.2, 0) is 6.42 Å². The van der Waals surface area contributed by atoms with Crippen molar-refractivity contribution in [3.63, 3.8) is 0 Å². The zero-order valence-electron chi connectivity index (χ0n) is 12.5. The fourth-order valence-corrected chi connectivity index (χ4v) is 2.26. The van der Waals surface area contributed by atoms with Crippen molar-refractivity contribution >= 4 is 23.7 Å². The second-order valence-corrected chi connectivity index (χ2v) is 5.46. The Morgan fingerprint density at radius 2 is 2.00 bits per heavy atom. The Morgan fingerprint density at radius 3 is 2.77 bits per heavy atom. The molecule has 0 aliphatic heterocycles. The van der Waals surface area contributed by atoms with Crippen LogP contribution in [0.3, 0.4) is 0 Å². The minimum atomic E-state index is -0.217. The maximum Gasteiger partial charge on any atom is 0.318 e. The molecule has 22 heavy (non-hydrogen) atoms. The van der Waals surface area contributed by atoms with Gasteiger partial charge in [-0.3, -0.25) is 0 Å². The van der Waals surface area contributed by atoms with Gasteiger partial charge in [0, 0.05) is 17.8 Å². The SMILES string of the molecule is Cc1cccc(CCNC(=O)N/C=C/c2cccc(Cl)c2)c1. The van der Waals surface area contributed by atoms with Crippen LogP contribution < -0.4 is 10.6 Å². The van der Waals surface area contributed by atoms with Crippen LogP contribution in [0.15, 0.2) is 54.7 Å². The lowest BCUT2D eigenvalue weighted by molar-refractivity contribution is 0.244. The van der Waals surface area contributed by atoms with Crippen molar-refractivity contribution in [2.45, 2.75) is 13.3 Å². The standard InChI is InChI=1S/C18H19ClN2O/c1-14-4-2-5-15(12-14)8-10-20-18(22)21-11-9-16-6-3-7-17(19)13-16/h2-7,9,11-13H,8,10H2,1H3,(H2,20,21,22)/b11-9+. The molecule has 0 saturated heterocycles. The monoisotopic (exact) mass is 314 g/mol. The summed E-state index contributed by atoms with van der Waals surface area (Å²) in [5.41, 5.74) is 3.38. The third-order valence-corrected chi connectivity index (χ3v) is 3.36. The average molecular weight is 315 g/mol. The molecule has 0 fully saturated rings. The molecule has 0 aromatic heterocycles. The Kier molecular flexibility index (Phi) is 6.04. The fourth-order valence-electron chi connectivity index (χ4n) is 2.06. The number of urea groups is 1. The van der Waals surface area contributed by atoms with Gasteiger partial charge < -0.3 is 10.6 Å². The van der Waals surface area contributed by atoms with E-state index in [2.05, 4.69) is 35.8 Å². The molecule has 2 rings (SSSR count). The van der Waals surface area contributed by atoms with E-state index in [1.54, 1.807) is 12.3 Å². The largest absolute Gasteiger partial charge is 0.338 e. The van der Waals surface area contributed by atoms with Gasteiger partial charge in [-0.05, 0) is 42.7 Å². The molecule has 0 aliphatic carbocycles. The van der Waals surface area contributed by atoms with Gasteiger partial charge >= 0.3 is 6.03 Å². The van der Waals surface area contributed by atoms with Crippen LogP contribution in [0, 0.1) is 6.92 Å². The van der Waals surface area contributed by atoms with Crippen LogP contribution in [0.1, 0.15) is 16.7 Å². The molecule has 2 N–H and O–H groups in total. The quantitative estimate of drug-likeness (QED) is 0.854. The summed E-state index contributed by atoms with van der Waals surface area (Å²) >= 11 is 5.89. The number of aryl methyl sites for hydroxylation is 1. The van der Waals surface area contributed by atoms with Crippen LogP contribution in [0.25, 0.3) is 6.08 Å². The predicted molar refractivity (Wildman–Crippen MR) is 91.9 cm³/mol. The summed E-state index contributed by atoms with van der Waals surface area (Å²) in [7, 11) is 0. The molecule has 0 bridgehead atoms. The molecule has 2 aromatic carbocycles. The number of carbonyl (C=O) groups is 1. The van der Waals surface area contributed by atoms with Crippen molar-refractivity contribution in [1.29, 1.82) is 0 Å². The van der Waals surface area contributed by atoms with Gasteiger partial charge in [0.1, 0.15) is 0 Å². The Labute approximate surface area is 136 Å². The topological polar surface area (TPSA) is 41.1 Å². The number of hydrogen-bond donors (Lipinski definition) is 2. The summed E-state index contributed by atoms with van der Waals surface area (Å²) in [5.74, 6) is 0. The number of hydrogen-bond acceptors (Lipinski definition) is 1. The highest BCUT2D eigenvalue weighted by Crippen LogP contribution is 2.11. The van der Waals surface area contributed by atoms with Gasteiger partial charge in [-0.15, -0.1) is 0 Å². The summed E-state index contributed by atoms with van der Waals surface area (Å²) in [6, 6.07) is 15.5. The van der Waals surface area contributed by atoms with Crippen molar-refractivity contribution in [3.8, 4) is 0 Å². The first-order valence-corrected chi connectivity index (χ1v) is 7.53. The molecule has 0 saturated carbocycles. The molecule has 0 radical (unpaired) electrons. The van der Waals surface area contributed by atoms with Gasteiger partial charge in [0.25, 0.3) is 0 Å². The Hall–Kier alpha value is -2.26. The predicted octanol–water partition coefficient (Wildman–Crippen LogP) is 4.16. The molecule has 0 heterocycles. The molecular weight excluding hydrogens is 296 g/mol. The van der Waals surface area contributed by atoms with Gasteiger partial charge in [0.15, 0.2) is 0 Å². The second-order valence-electron chi connectivity index (χ2n) is 5.03. The van der Waals surface area contributed by atoms with Gasteiger partial charge in [-0.1, -0.05) is 53.6 Å². The van der Waals surface area contributed by atoms with E-state index in [9.17, 15) is 4.79 Å². The number of nitrogens with one attached hydrogen (secondary N) is 2. The minimum Gasteiger partial charge on any atom is -0.338 e. The summed E-state index contributed by atoms with van der Waals surface area (Å²) in [6.07, 6.45) is 4.22. The van der Waals surface area contributed by atoms with E-state index >= 15 is 0 Å². The van der Waals surface area contributed by atoms with Crippen LogP contribution in [0.5, 0.6) is 0 Å². The van der Waals surface area contributed by atoms with Crippen LogP contribution >= 0.6 is 11.6 Å². The van der Waals surface area contributed by atoms with E-state index < -0.39 is 0 Å². The zero-order chi connectivity index (χ0) is 15.8. The van der Waals surface area contributed by atoms with Crippen LogP contribution in [0.4, 0.5) is 4.79 Å². The summed E-state index contributed by atoms with van der Waals surface area (Å²) in [5, 5.41) is 6.17. The van der Waals surface area contributed by atoms with Gasteiger partial charge in [-0.25, -0.2) is 4.79 Å². The van der Waals surface area contributed by atoms with E-state index in [0.29, 0.717) is 11.6 Å². The molecule has 2 amide bonds. The number of rotatable bonds is 5. The molecule has 3 nitrogen and oxygen atoms in total. The number of benzene rings is 2. The lowest BCUT2D eigenvalue weighted by Gasteiger charge is -2.05. The zero-order valence-corrected chi connectivity index (χ0v) is 13.2. The van der Waals surface area contributed by atoms with E-state index in [1.807, 2.05) is 30.3 Å². The maximum atomic E-state index is 11.7. The number of carbonyl (C=O) groups excluding carboxylic acids is 1. The summed E-state index contributed by atoms with van der Waals surface area (Å²) < 4.78 is 0. The van der Waals surface area contributed by atoms with E-state index in [1.165, 1.54) is 11.1 Å². The van der Waals surface area contributed by atoms with Gasteiger partial charge in [-0.2, -0.15) is 0 Å². The number of amides is 2. The third kappa shape index (κ3) is 5.62. The molecule has 4 heteroatoms. The van der Waals surface area contributed by atoms with E-state index in [0.717, 1.165) is 12.0 Å². The Morgan fingerprint density at radius 1 is 1.18 bits per heavy atom. The highest BCUT2D eigenvalue weighted by Gasteiger charge is 1.98. The van der Waals surface area contributed by atoms with Crippen molar-refractivity contribution in [3.05, 3.63) is 76.4 Å². The fraction of sp³-hybridized carbons (Fsp3) is 0.167. The van der Waals surface area contributed by atoms with Crippen LogP contribution in [0.2, 0.25) is 5.02 Å². The first-order valence-electron chi connectivity index (χ1n) is 7.15. The number of halogens is 1. The van der Waals surface area contributed by atoms with E-state index in [4.69, 9.17) is 11.6 Å². The normalized spacial score (nSPS) is 10.6. The minimum absolute atomic E-state index is 0.217.